The minimum Gasteiger partial charge on any atom is -0.376 e. The third-order valence-corrected chi connectivity index (χ3v) is 5.87. The number of halogens is 1. The zero-order chi connectivity index (χ0) is 21.7. The molecule has 1 aliphatic rings. The van der Waals surface area contributed by atoms with E-state index >= 15 is 0 Å². The first-order chi connectivity index (χ1) is 14.3. The minimum absolute atomic E-state index is 0.136. The van der Waals surface area contributed by atoms with E-state index in [1.807, 2.05) is 13.8 Å². The van der Waals surface area contributed by atoms with Crippen LogP contribution in [0.2, 0.25) is 5.02 Å². The third kappa shape index (κ3) is 5.76. The SMILES string of the molecule is Cc1cc(C)c(NCC(=O)Nc2ccc(Cl)c(C(=O)NC3CCCCC3)c2)c(C)c1. The highest BCUT2D eigenvalue weighted by Gasteiger charge is 2.19. The Balaban J connectivity index is 1.61. The summed E-state index contributed by atoms with van der Waals surface area (Å²) in [5.74, 6) is -0.373. The zero-order valence-corrected chi connectivity index (χ0v) is 18.7. The van der Waals surface area contributed by atoms with Crippen LogP contribution in [0.25, 0.3) is 0 Å². The van der Waals surface area contributed by atoms with Crippen molar-refractivity contribution in [1.29, 1.82) is 0 Å². The van der Waals surface area contributed by atoms with Crippen molar-refractivity contribution in [2.75, 3.05) is 17.2 Å². The van der Waals surface area contributed by atoms with Gasteiger partial charge in [0.2, 0.25) is 5.91 Å². The van der Waals surface area contributed by atoms with Gasteiger partial charge in [-0.05, 0) is 62.9 Å². The Hall–Kier alpha value is -2.53. The largest absolute Gasteiger partial charge is 0.376 e. The highest BCUT2D eigenvalue weighted by molar-refractivity contribution is 6.34. The van der Waals surface area contributed by atoms with Gasteiger partial charge >= 0.3 is 0 Å². The van der Waals surface area contributed by atoms with Crippen molar-refractivity contribution >= 4 is 34.8 Å². The van der Waals surface area contributed by atoms with Crippen molar-refractivity contribution in [1.82, 2.24) is 5.32 Å². The molecule has 0 saturated heterocycles. The smallest absolute Gasteiger partial charge is 0.253 e. The summed E-state index contributed by atoms with van der Waals surface area (Å²) in [4.78, 5) is 25.1. The number of nitrogens with one attached hydrogen (secondary N) is 3. The maximum absolute atomic E-state index is 12.7. The molecule has 3 rings (SSSR count). The van der Waals surface area contributed by atoms with E-state index in [0.29, 0.717) is 16.3 Å². The van der Waals surface area contributed by atoms with Gasteiger partial charge in [0.15, 0.2) is 0 Å². The van der Waals surface area contributed by atoms with Gasteiger partial charge in [-0.1, -0.05) is 48.6 Å². The summed E-state index contributed by atoms with van der Waals surface area (Å²) in [6, 6.07) is 9.37. The molecule has 6 heteroatoms. The Kier molecular flexibility index (Phi) is 7.38. The van der Waals surface area contributed by atoms with E-state index in [1.54, 1.807) is 18.2 Å². The second-order valence-corrected chi connectivity index (χ2v) is 8.59. The lowest BCUT2D eigenvalue weighted by Crippen LogP contribution is -2.36. The van der Waals surface area contributed by atoms with Gasteiger partial charge in [0.25, 0.3) is 5.91 Å². The van der Waals surface area contributed by atoms with E-state index in [4.69, 9.17) is 11.6 Å². The highest BCUT2D eigenvalue weighted by Crippen LogP contribution is 2.24. The molecule has 0 spiro atoms. The van der Waals surface area contributed by atoms with Gasteiger partial charge < -0.3 is 16.0 Å². The van der Waals surface area contributed by atoms with Gasteiger partial charge in [-0.2, -0.15) is 0 Å². The van der Waals surface area contributed by atoms with Crippen molar-refractivity contribution in [3.63, 3.8) is 0 Å². The van der Waals surface area contributed by atoms with Crippen molar-refractivity contribution in [2.24, 2.45) is 0 Å². The monoisotopic (exact) mass is 427 g/mol. The lowest BCUT2D eigenvalue weighted by Gasteiger charge is -2.23. The van der Waals surface area contributed by atoms with Crippen molar-refractivity contribution < 1.29 is 9.59 Å². The molecule has 5 nitrogen and oxygen atoms in total. The Morgan fingerprint density at radius 1 is 1.00 bits per heavy atom. The van der Waals surface area contributed by atoms with Crippen LogP contribution in [0.15, 0.2) is 30.3 Å². The molecule has 0 heterocycles. The average Bonchev–Trinajstić information content (AvgIpc) is 2.69. The van der Waals surface area contributed by atoms with Gasteiger partial charge in [0.1, 0.15) is 0 Å². The molecular formula is C24H30ClN3O2. The first kappa shape index (κ1) is 22.2. The fraction of sp³-hybridized carbons (Fsp3) is 0.417. The van der Waals surface area contributed by atoms with Crippen LogP contribution in [0.1, 0.15) is 59.2 Å². The molecule has 0 unspecified atom stereocenters. The predicted octanol–water partition coefficient (Wildman–Crippen LogP) is 5.38. The van der Waals surface area contributed by atoms with Crippen LogP contribution in [-0.4, -0.2) is 24.4 Å². The van der Waals surface area contributed by atoms with E-state index in [9.17, 15) is 9.59 Å². The van der Waals surface area contributed by atoms with E-state index in [0.717, 1.165) is 42.5 Å². The number of amides is 2. The molecule has 0 radical (unpaired) electrons. The van der Waals surface area contributed by atoms with E-state index in [-0.39, 0.29) is 24.4 Å². The van der Waals surface area contributed by atoms with Gasteiger partial charge in [-0.15, -0.1) is 0 Å². The summed E-state index contributed by atoms with van der Waals surface area (Å²) < 4.78 is 0. The molecule has 30 heavy (non-hydrogen) atoms. The molecule has 1 fully saturated rings. The normalized spacial score (nSPS) is 14.3. The molecular weight excluding hydrogens is 398 g/mol. The number of anilines is 2. The summed E-state index contributed by atoms with van der Waals surface area (Å²) in [5, 5.41) is 9.51. The Morgan fingerprint density at radius 3 is 2.33 bits per heavy atom. The molecule has 0 aromatic heterocycles. The van der Waals surface area contributed by atoms with Crippen LogP contribution in [-0.2, 0) is 4.79 Å². The predicted molar refractivity (Wildman–Crippen MR) is 124 cm³/mol. The number of benzene rings is 2. The molecule has 0 atom stereocenters. The number of carbonyl (C=O) groups excluding carboxylic acids is 2. The molecule has 2 amide bonds. The Bertz CT molecular complexity index is 913. The van der Waals surface area contributed by atoms with E-state index < -0.39 is 0 Å². The minimum atomic E-state index is -0.188. The van der Waals surface area contributed by atoms with Gasteiger partial charge in [0, 0.05) is 17.4 Å². The van der Waals surface area contributed by atoms with Crippen molar-refractivity contribution in [3.05, 3.63) is 57.6 Å². The molecule has 3 N–H and O–H groups in total. The molecule has 0 bridgehead atoms. The van der Waals surface area contributed by atoms with E-state index in [1.165, 1.54) is 12.0 Å². The Morgan fingerprint density at radius 2 is 1.67 bits per heavy atom. The Labute approximate surface area is 183 Å². The quantitative estimate of drug-likeness (QED) is 0.579. The summed E-state index contributed by atoms with van der Waals surface area (Å²) in [6.45, 7) is 6.24. The number of carbonyl (C=O) groups is 2. The van der Waals surface area contributed by atoms with Crippen LogP contribution < -0.4 is 16.0 Å². The molecule has 160 valence electrons. The summed E-state index contributed by atoms with van der Waals surface area (Å²) in [5.41, 5.74) is 5.32. The van der Waals surface area contributed by atoms with Crippen LogP contribution >= 0.6 is 11.6 Å². The lowest BCUT2D eigenvalue weighted by atomic mass is 9.95. The average molecular weight is 428 g/mol. The number of aryl methyl sites for hydroxylation is 3. The molecule has 2 aromatic rings. The number of hydrogen-bond acceptors (Lipinski definition) is 3. The summed E-state index contributed by atoms with van der Waals surface area (Å²) in [6.07, 6.45) is 5.51. The fourth-order valence-corrected chi connectivity index (χ4v) is 4.32. The van der Waals surface area contributed by atoms with Crippen LogP contribution in [0.3, 0.4) is 0 Å². The van der Waals surface area contributed by atoms with Crippen LogP contribution in [0, 0.1) is 20.8 Å². The van der Waals surface area contributed by atoms with Crippen molar-refractivity contribution in [3.8, 4) is 0 Å². The first-order valence-corrected chi connectivity index (χ1v) is 10.9. The second kappa shape index (κ2) is 9.98. The maximum Gasteiger partial charge on any atom is 0.253 e. The topological polar surface area (TPSA) is 70.2 Å². The van der Waals surface area contributed by atoms with Crippen LogP contribution in [0.5, 0.6) is 0 Å². The first-order valence-electron chi connectivity index (χ1n) is 10.6. The van der Waals surface area contributed by atoms with Gasteiger partial charge in [-0.25, -0.2) is 0 Å². The summed E-state index contributed by atoms with van der Waals surface area (Å²) >= 11 is 6.25. The molecule has 1 saturated carbocycles. The summed E-state index contributed by atoms with van der Waals surface area (Å²) in [7, 11) is 0. The standard InChI is InChI=1S/C24H30ClN3O2/c1-15-11-16(2)23(17(3)12-15)26-14-22(29)27-19-9-10-21(25)20(13-19)24(30)28-18-7-5-4-6-8-18/h9-13,18,26H,4-8,14H2,1-3H3,(H,27,29)(H,28,30). The van der Waals surface area contributed by atoms with E-state index in [2.05, 4.69) is 35.0 Å². The lowest BCUT2D eigenvalue weighted by molar-refractivity contribution is -0.114. The molecule has 1 aliphatic carbocycles. The number of rotatable bonds is 6. The van der Waals surface area contributed by atoms with Gasteiger partial charge in [0.05, 0.1) is 17.1 Å². The van der Waals surface area contributed by atoms with Crippen LogP contribution in [0.4, 0.5) is 11.4 Å². The second-order valence-electron chi connectivity index (χ2n) is 8.18. The maximum atomic E-state index is 12.7. The third-order valence-electron chi connectivity index (χ3n) is 5.54. The zero-order valence-electron chi connectivity index (χ0n) is 17.9. The fourth-order valence-electron chi connectivity index (χ4n) is 4.12. The van der Waals surface area contributed by atoms with Gasteiger partial charge in [-0.3, -0.25) is 9.59 Å². The van der Waals surface area contributed by atoms with Crippen molar-refractivity contribution in [2.45, 2.75) is 58.9 Å². The molecule has 2 aromatic carbocycles. The molecule has 0 aliphatic heterocycles. The number of hydrogen-bond donors (Lipinski definition) is 3. The highest BCUT2D eigenvalue weighted by atomic mass is 35.5.